The number of aryl methyl sites for hydroxylation is 1. The van der Waals surface area contributed by atoms with E-state index in [1.165, 1.54) is 0 Å². The summed E-state index contributed by atoms with van der Waals surface area (Å²) in [6.07, 6.45) is 2.11. The van der Waals surface area contributed by atoms with E-state index >= 15 is 0 Å². The predicted octanol–water partition coefficient (Wildman–Crippen LogP) is 2.88. The summed E-state index contributed by atoms with van der Waals surface area (Å²) in [6.45, 7) is 8.14. The lowest BCUT2D eigenvalue weighted by Gasteiger charge is -2.35. The fraction of sp³-hybridized carbons (Fsp3) is 0.600. The number of piperazine rings is 1. The van der Waals surface area contributed by atoms with Crippen molar-refractivity contribution in [3.8, 4) is 0 Å². The van der Waals surface area contributed by atoms with E-state index < -0.39 is 0 Å². The molecular weight excluding hydrogens is 227 g/mol. The SMILES string of the molecule is CCC[C@@H](c1ccc(C)cc1F)N1CCNCC1. The maximum absolute atomic E-state index is 14.1. The van der Waals surface area contributed by atoms with Gasteiger partial charge < -0.3 is 5.32 Å². The average molecular weight is 250 g/mol. The molecule has 0 aliphatic carbocycles. The average Bonchev–Trinajstić information content (AvgIpc) is 2.38. The fourth-order valence-corrected chi connectivity index (χ4v) is 2.70. The zero-order valence-corrected chi connectivity index (χ0v) is 11.4. The van der Waals surface area contributed by atoms with Crippen molar-refractivity contribution < 1.29 is 4.39 Å². The Morgan fingerprint density at radius 2 is 2.06 bits per heavy atom. The molecule has 3 heteroatoms. The molecule has 1 aliphatic heterocycles. The van der Waals surface area contributed by atoms with Crippen LogP contribution in [0.1, 0.15) is 36.9 Å². The lowest BCUT2D eigenvalue weighted by Crippen LogP contribution is -2.45. The molecule has 100 valence electrons. The van der Waals surface area contributed by atoms with Gasteiger partial charge in [0.05, 0.1) is 0 Å². The Morgan fingerprint density at radius 1 is 1.33 bits per heavy atom. The summed E-state index contributed by atoms with van der Waals surface area (Å²) in [7, 11) is 0. The number of hydrogen-bond donors (Lipinski definition) is 1. The third-order valence-corrected chi connectivity index (χ3v) is 3.67. The molecule has 1 atom stereocenters. The van der Waals surface area contributed by atoms with Gasteiger partial charge in [-0.15, -0.1) is 0 Å². The minimum absolute atomic E-state index is 0.0491. The van der Waals surface area contributed by atoms with Crippen LogP contribution in [-0.4, -0.2) is 31.1 Å². The van der Waals surface area contributed by atoms with E-state index in [0.717, 1.165) is 50.1 Å². The number of nitrogens with one attached hydrogen (secondary N) is 1. The van der Waals surface area contributed by atoms with Crippen molar-refractivity contribution in [2.45, 2.75) is 32.7 Å². The van der Waals surface area contributed by atoms with E-state index in [-0.39, 0.29) is 11.9 Å². The van der Waals surface area contributed by atoms with Crippen molar-refractivity contribution in [1.29, 1.82) is 0 Å². The lowest BCUT2D eigenvalue weighted by molar-refractivity contribution is 0.161. The van der Waals surface area contributed by atoms with Crippen molar-refractivity contribution in [3.05, 3.63) is 35.1 Å². The largest absolute Gasteiger partial charge is 0.314 e. The zero-order chi connectivity index (χ0) is 13.0. The minimum Gasteiger partial charge on any atom is -0.314 e. The molecule has 0 aromatic heterocycles. The molecular formula is C15H23FN2. The molecule has 1 aromatic carbocycles. The second-order valence-electron chi connectivity index (χ2n) is 5.12. The van der Waals surface area contributed by atoms with Gasteiger partial charge in [0, 0.05) is 37.8 Å². The molecule has 1 heterocycles. The van der Waals surface area contributed by atoms with Crippen LogP contribution in [0.15, 0.2) is 18.2 Å². The second-order valence-corrected chi connectivity index (χ2v) is 5.12. The van der Waals surface area contributed by atoms with E-state index in [2.05, 4.69) is 17.1 Å². The van der Waals surface area contributed by atoms with Gasteiger partial charge in [0.25, 0.3) is 0 Å². The Labute approximate surface area is 109 Å². The quantitative estimate of drug-likeness (QED) is 0.884. The van der Waals surface area contributed by atoms with E-state index in [1.54, 1.807) is 6.07 Å². The van der Waals surface area contributed by atoms with E-state index in [0.29, 0.717) is 0 Å². The summed E-state index contributed by atoms with van der Waals surface area (Å²) in [4.78, 5) is 2.41. The summed E-state index contributed by atoms with van der Waals surface area (Å²) in [6, 6.07) is 5.87. The first kappa shape index (κ1) is 13.5. The standard InChI is InChI=1S/C15H23FN2/c1-3-4-15(18-9-7-17-8-10-18)13-6-5-12(2)11-14(13)16/h5-6,11,15,17H,3-4,7-10H2,1-2H3/t15-/m0/s1. The minimum atomic E-state index is -0.0491. The summed E-state index contributed by atoms with van der Waals surface area (Å²) in [5.41, 5.74) is 1.86. The molecule has 2 rings (SSSR count). The second kappa shape index (κ2) is 6.30. The van der Waals surface area contributed by atoms with E-state index in [9.17, 15) is 4.39 Å². The molecule has 0 saturated carbocycles. The highest BCUT2D eigenvalue weighted by atomic mass is 19.1. The summed E-state index contributed by atoms with van der Waals surface area (Å²) in [5, 5.41) is 3.35. The number of nitrogens with zero attached hydrogens (tertiary/aromatic N) is 1. The van der Waals surface area contributed by atoms with Crippen molar-refractivity contribution in [2.75, 3.05) is 26.2 Å². The Morgan fingerprint density at radius 3 is 2.67 bits per heavy atom. The Kier molecular flexibility index (Phi) is 4.72. The van der Waals surface area contributed by atoms with Crippen LogP contribution in [0.25, 0.3) is 0 Å². The first-order chi connectivity index (χ1) is 8.72. The molecule has 0 bridgehead atoms. The van der Waals surface area contributed by atoms with E-state index in [1.807, 2.05) is 19.1 Å². The van der Waals surface area contributed by atoms with Gasteiger partial charge >= 0.3 is 0 Å². The highest BCUT2D eigenvalue weighted by Gasteiger charge is 2.23. The smallest absolute Gasteiger partial charge is 0.128 e. The van der Waals surface area contributed by atoms with Crippen LogP contribution in [0.2, 0.25) is 0 Å². The Balaban J connectivity index is 2.22. The molecule has 1 N–H and O–H groups in total. The fourth-order valence-electron chi connectivity index (χ4n) is 2.70. The molecule has 0 radical (unpaired) electrons. The van der Waals surface area contributed by atoms with Crippen molar-refractivity contribution >= 4 is 0 Å². The molecule has 1 aliphatic rings. The van der Waals surface area contributed by atoms with Crippen LogP contribution in [0.4, 0.5) is 4.39 Å². The molecule has 0 amide bonds. The first-order valence-electron chi connectivity index (χ1n) is 6.93. The van der Waals surface area contributed by atoms with Gasteiger partial charge in [-0.1, -0.05) is 25.5 Å². The number of halogens is 1. The number of hydrogen-bond acceptors (Lipinski definition) is 2. The molecule has 2 nitrogen and oxygen atoms in total. The van der Waals surface area contributed by atoms with Crippen molar-refractivity contribution in [3.63, 3.8) is 0 Å². The monoisotopic (exact) mass is 250 g/mol. The van der Waals surface area contributed by atoms with Crippen LogP contribution < -0.4 is 5.32 Å². The Bertz CT molecular complexity index is 386. The normalized spacial score (nSPS) is 18.8. The van der Waals surface area contributed by atoms with Gasteiger partial charge in [0.1, 0.15) is 5.82 Å². The van der Waals surface area contributed by atoms with Crippen LogP contribution in [0.5, 0.6) is 0 Å². The number of benzene rings is 1. The van der Waals surface area contributed by atoms with Gasteiger partial charge in [-0.05, 0) is 25.0 Å². The maximum Gasteiger partial charge on any atom is 0.128 e. The topological polar surface area (TPSA) is 15.3 Å². The zero-order valence-electron chi connectivity index (χ0n) is 11.4. The molecule has 18 heavy (non-hydrogen) atoms. The maximum atomic E-state index is 14.1. The van der Waals surface area contributed by atoms with Crippen LogP contribution in [0.3, 0.4) is 0 Å². The predicted molar refractivity (Wildman–Crippen MR) is 73.2 cm³/mol. The highest BCUT2D eigenvalue weighted by Crippen LogP contribution is 2.28. The van der Waals surface area contributed by atoms with Gasteiger partial charge in [-0.25, -0.2) is 4.39 Å². The Hall–Kier alpha value is -0.930. The third kappa shape index (κ3) is 3.09. The van der Waals surface area contributed by atoms with Crippen molar-refractivity contribution in [2.24, 2.45) is 0 Å². The molecule has 1 aromatic rings. The third-order valence-electron chi connectivity index (χ3n) is 3.67. The van der Waals surface area contributed by atoms with Crippen LogP contribution in [-0.2, 0) is 0 Å². The summed E-state index contributed by atoms with van der Waals surface area (Å²) >= 11 is 0. The molecule has 1 saturated heterocycles. The molecule has 1 fully saturated rings. The number of rotatable bonds is 4. The highest BCUT2D eigenvalue weighted by molar-refractivity contribution is 5.26. The van der Waals surface area contributed by atoms with Crippen LogP contribution in [0, 0.1) is 12.7 Å². The van der Waals surface area contributed by atoms with E-state index in [4.69, 9.17) is 0 Å². The van der Waals surface area contributed by atoms with Gasteiger partial charge in [-0.3, -0.25) is 4.90 Å². The molecule has 0 spiro atoms. The van der Waals surface area contributed by atoms with Gasteiger partial charge in [0.2, 0.25) is 0 Å². The lowest BCUT2D eigenvalue weighted by atomic mass is 9.98. The van der Waals surface area contributed by atoms with Gasteiger partial charge in [-0.2, -0.15) is 0 Å². The molecule has 0 unspecified atom stereocenters. The summed E-state index contributed by atoms with van der Waals surface area (Å²) < 4.78 is 14.1. The van der Waals surface area contributed by atoms with Gasteiger partial charge in [0.15, 0.2) is 0 Å². The first-order valence-corrected chi connectivity index (χ1v) is 6.93. The van der Waals surface area contributed by atoms with Crippen LogP contribution >= 0.6 is 0 Å². The van der Waals surface area contributed by atoms with Crippen molar-refractivity contribution in [1.82, 2.24) is 10.2 Å². The summed E-state index contributed by atoms with van der Waals surface area (Å²) in [5.74, 6) is -0.0491.